The molecule has 0 amide bonds. The van der Waals surface area contributed by atoms with Crippen LogP contribution in [0.1, 0.15) is 24.6 Å². The molecule has 2 N–H and O–H groups in total. The van der Waals surface area contributed by atoms with E-state index in [1.807, 2.05) is 6.92 Å². The van der Waals surface area contributed by atoms with Gasteiger partial charge in [0.25, 0.3) is 0 Å². The quantitative estimate of drug-likeness (QED) is 0.920. The normalized spacial score (nSPS) is 10.4. The van der Waals surface area contributed by atoms with E-state index < -0.39 is 5.82 Å². The van der Waals surface area contributed by atoms with Crippen molar-refractivity contribution in [1.82, 2.24) is 9.55 Å². The predicted octanol–water partition coefficient (Wildman–Crippen LogP) is 2.63. The van der Waals surface area contributed by atoms with E-state index in [1.165, 1.54) is 6.07 Å². The van der Waals surface area contributed by atoms with Gasteiger partial charge < -0.3 is 10.3 Å². The number of nitriles is 1. The first-order valence-electron chi connectivity index (χ1n) is 6.08. The van der Waals surface area contributed by atoms with Crippen molar-refractivity contribution in [3.8, 4) is 17.2 Å². The zero-order valence-electron chi connectivity index (χ0n) is 10.9. The Morgan fingerprint density at radius 3 is 2.84 bits per heavy atom. The Bertz CT molecular complexity index is 652. The van der Waals surface area contributed by atoms with E-state index in [2.05, 4.69) is 11.1 Å². The standard InChI is InChI=1S/C14H15FN4/c1-3-4-10-12(8-19(2)13(10)6-16)11-5-9(15)7-18-14(11)17/h5,7-8H,3-4H2,1-2H3,(H2,17,18). The zero-order valence-corrected chi connectivity index (χ0v) is 10.9. The first-order valence-corrected chi connectivity index (χ1v) is 6.08. The van der Waals surface area contributed by atoms with Crippen molar-refractivity contribution in [3.05, 3.63) is 35.5 Å². The van der Waals surface area contributed by atoms with Crippen LogP contribution < -0.4 is 5.73 Å². The first kappa shape index (κ1) is 13.1. The molecule has 0 unspecified atom stereocenters. The molecule has 4 nitrogen and oxygen atoms in total. The number of hydrogen-bond donors (Lipinski definition) is 1. The van der Waals surface area contributed by atoms with Crippen LogP contribution in [-0.2, 0) is 13.5 Å². The molecule has 2 aromatic heterocycles. The Hall–Kier alpha value is -2.35. The summed E-state index contributed by atoms with van der Waals surface area (Å²) in [5.41, 5.74) is 8.62. The SMILES string of the molecule is CCCc1c(-c2cc(F)cnc2N)cn(C)c1C#N. The number of pyridine rings is 1. The van der Waals surface area contributed by atoms with E-state index >= 15 is 0 Å². The van der Waals surface area contributed by atoms with Gasteiger partial charge in [-0.3, -0.25) is 0 Å². The van der Waals surface area contributed by atoms with Crippen molar-refractivity contribution in [3.63, 3.8) is 0 Å². The summed E-state index contributed by atoms with van der Waals surface area (Å²) in [6.45, 7) is 2.03. The smallest absolute Gasteiger partial charge is 0.142 e. The third-order valence-corrected chi connectivity index (χ3v) is 3.07. The molecule has 19 heavy (non-hydrogen) atoms. The highest BCUT2D eigenvalue weighted by Gasteiger charge is 2.17. The van der Waals surface area contributed by atoms with Crippen LogP contribution in [0.5, 0.6) is 0 Å². The van der Waals surface area contributed by atoms with Crippen LogP contribution in [0.4, 0.5) is 10.2 Å². The van der Waals surface area contributed by atoms with Gasteiger partial charge in [0.2, 0.25) is 0 Å². The summed E-state index contributed by atoms with van der Waals surface area (Å²) in [5.74, 6) is -0.164. The second-order valence-corrected chi connectivity index (χ2v) is 4.43. The average molecular weight is 258 g/mol. The fourth-order valence-corrected chi connectivity index (χ4v) is 2.22. The van der Waals surface area contributed by atoms with Crippen LogP contribution in [0.25, 0.3) is 11.1 Å². The first-order chi connectivity index (χ1) is 9.08. The van der Waals surface area contributed by atoms with Crippen LogP contribution in [0.15, 0.2) is 18.5 Å². The maximum Gasteiger partial charge on any atom is 0.142 e. The van der Waals surface area contributed by atoms with E-state index in [-0.39, 0.29) is 5.82 Å². The Labute approximate surface area is 111 Å². The third kappa shape index (κ3) is 2.29. The van der Waals surface area contributed by atoms with E-state index in [0.717, 1.165) is 30.2 Å². The molecule has 0 aromatic carbocycles. The summed E-state index contributed by atoms with van der Waals surface area (Å²) < 4.78 is 15.1. The highest BCUT2D eigenvalue weighted by atomic mass is 19.1. The summed E-state index contributed by atoms with van der Waals surface area (Å²) >= 11 is 0. The van der Waals surface area contributed by atoms with Crippen molar-refractivity contribution in [2.75, 3.05) is 5.73 Å². The Morgan fingerprint density at radius 2 is 2.21 bits per heavy atom. The summed E-state index contributed by atoms with van der Waals surface area (Å²) in [7, 11) is 1.80. The number of aryl methyl sites for hydroxylation is 1. The molecule has 0 aliphatic carbocycles. The van der Waals surface area contributed by atoms with Gasteiger partial charge in [-0.1, -0.05) is 13.3 Å². The molecule has 0 aliphatic rings. The largest absolute Gasteiger partial charge is 0.383 e. The number of nitrogens with zero attached hydrogens (tertiary/aromatic N) is 3. The monoisotopic (exact) mass is 258 g/mol. The summed E-state index contributed by atoms with van der Waals surface area (Å²) in [5, 5.41) is 9.22. The molecule has 2 aromatic rings. The minimum Gasteiger partial charge on any atom is -0.383 e. The Morgan fingerprint density at radius 1 is 1.47 bits per heavy atom. The maximum atomic E-state index is 13.3. The van der Waals surface area contributed by atoms with Gasteiger partial charge in [0.1, 0.15) is 23.4 Å². The Balaban J connectivity index is 2.68. The summed E-state index contributed by atoms with van der Waals surface area (Å²) in [6, 6.07) is 3.54. The fraction of sp³-hybridized carbons (Fsp3) is 0.286. The molecule has 2 heterocycles. The lowest BCUT2D eigenvalue weighted by Crippen LogP contribution is -1.97. The summed E-state index contributed by atoms with van der Waals surface area (Å²) in [6.07, 6.45) is 4.53. The number of halogens is 1. The highest BCUT2D eigenvalue weighted by Crippen LogP contribution is 2.32. The number of nitrogen functional groups attached to an aromatic ring is 1. The molecule has 0 atom stereocenters. The molecule has 98 valence electrons. The lowest BCUT2D eigenvalue weighted by molar-refractivity contribution is 0.622. The number of hydrogen-bond acceptors (Lipinski definition) is 3. The lowest BCUT2D eigenvalue weighted by Gasteiger charge is -2.06. The second kappa shape index (κ2) is 5.11. The van der Waals surface area contributed by atoms with Gasteiger partial charge in [0.05, 0.1) is 6.20 Å². The van der Waals surface area contributed by atoms with E-state index in [9.17, 15) is 9.65 Å². The number of rotatable bonds is 3. The topological polar surface area (TPSA) is 67.6 Å². The van der Waals surface area contributed by atoms with Gasteiger partial charge in [0, 0.05) is 24.4 Å². The van der Waals surface area contributed by atoms with Crippen molar-refractivity contribution in [2.24, 2.45) is 7.05 Å². The molecule has 0 aliphatic heterocycles. The molecule has 5 heteroatoms. The average Bonchev–Trinajstić information content (AvgIpc) is 2.69. The van der Waals surface area contributed by atoms with Crippen LogP contribution in [0, 0.1) is 17.1 Å². The van der Waals surface area contributed by atoms with E-state index in [1.54, 1.807) is 17.8 Å². The number of aromatic nitrogens is 2. The molecule has 0 radical (unpaired) electrons. The van der Waals surface area contributed by atoms with Gasteiger partial charge in [0.15, 0.2) is 0 Å². The van der Waals surface area contributed by atoms with Crippen LogP contribution >= 0.6 is 0 Å². The van der Waals surface area contributed by atoms with Gasteiger partial charge >= 0.3 is 0 Å². The molecular formula is C14H15FN4. The summed E-state index contributed by atoms with van der Waals surface area (Å²) in [4.78, 5) is 3.83. The molecule has 0 saturated heterocycles. The molecule has 0 bridgehead atoms. The molecule has 2 rings (SSSR count). The van der Waals surface area contributed by atoms with Crippen molar-refractivity contribution in [1.29, 1.82) is 5.26 Å². The number of nitrogens with two attached hydrogens (primary N) is 1. The van der Waals surface area contributed by atoms with Crippen molar-refractivity contribution < 1.29 is 4.39 Å². The van der Waals surface area contributed by atoms with Gasteiger partial charge in [-0.05, 0) is 18.1 Å². The predicted molar refractivity (Wildman–Crippen MR) is 71.7 cm³/mol. The van der Waals surface area contributed by atoms with Crippen LogP contribution in [0.3, 0.4) is 0 Å². The molecule has 0 fully saturated rings. The zero-order chi connectivity index (χ0) is 14.0. The molecular weight excluding hydrogens is 243 g/mol. The third-order valence-electron chi connectivity index (χ3n) is 3.07. The minimum atomic E-state index is -0.436. The van der Waals surface area contributed by atoms with Crippen LogP contribution in [0.2, 0.25) is 0 Å². The van der Waals surface area contributed by atoms with Gasteiger partial charge in [-0.25, -0.2) is 9.37 Å². The van der Waals surface area contributed by atoms with Gasteiger partial charge in [-0.15, -0.1) is 0 Å². The van der Waals surface area contributed by atoms with Crippen molar-refractivity contribution >= 4 is 5.82 Å². The molecule has 0 spiro atoms. The van der Waals surface area contributed by atoms with Crippen LogP contribution in [-0.4, -0.2) is 9.55 Å². The maximum absolute atomic E-state index is 13.3. The van der Waals surface area contributed by atoms with E-state index in [4.69, 9.17) is 5.73 Å². The van der Waals surface area contributed by atoms with Gasteiger partial charge in [-0.2, -0.15) is 5.26 Å². The van der Waals surface area contributed by atoms with Crippen molar-refractivity contribution in [2.45, 2.75) is 19.8 Å². The highest BCUT2D eigenvalue weighted by molar-refractivity contribution is 5.77. The fourth-order valence-electron chi connectivity index (χ4n) is 2.22. The second-order valence-electron chi connectivity index (χ2n) is 4.43. The minimum absolute atomic E-state index is 0.272. The lowest BCUT2D eigenvalue weighted by atomic mass is 10.00. The number of anilines is 1. The molecule has 0 saturated carbocycles. The van der Waals surface area contributed by atoms with E-state index in [0.29, 0.717) is 11.3 Å². The Kier molecular flexibility index (Phi) is 3.52.